The fourth-order valence-electron chi connectivity index (χ4n) is 5.48. The van der Waals surface area contributed by atoms with Gasteiger partial charge >= 0.3 is 0 Å². The van der Waals surface area contributed by atoms with E-state index in [4.69, 9.17) is 4.98 Å². The summed E-state index contributed by atoms with van der Waals surface area (Å²) in [5.74, 6) is 0.773. The zero-order chi connectivity index (χ0) is 28.0. The molecule has 0 bridgehead atoms. The van der Waals surface area contributed by atoms with Crippen molar-refractivity contribution in [3.63, 3.8) is 0 Å². The number of amides is 1. The van der Waals surface area contributed by atoms with Gasteiger partial charge in [-0.1, -0.05) is 18.2 Å². The number of aromatic nitrogens is 5. The molecule has 5 aromatic rings. The number of anilines is 1. The number of pyridine rings is 1. The van der Waals surface area contributed by atoms with Gasteiger partial charge in [0.05, 0.1) is 17.0 Å². The van der Waals surface area contributed by atoms with Crippen LogP contribution in [0.3, 0.4) is 0 Å². The number of hydrogen-bond donors (Lipinski definition) is 0. The van der Waals surface area contributed by atoms with Crippen LogP contribution in [0.15, 0.2) is 73.4 Å². The summed E-state index contributed by atoms with van der Waals surface area (Å²) >= 11 is 0. The number of carbonyl (C=O) groups excluding carboxylic acids is 1. The van der Waals surface area contributed by atoms with Crippen molar-refractivity contribution in [3.05, 3.63) is 90.5 Å². The van der Waals surface area contributed by atoms with E-state index in [1.54, 1.807) is 47.3 Å². The first kappa shape index (κ1) is 25.2. The molecule has 0 spiro atoms. The third-order valence-corrected chi connectivity index (χ3v) is 7.53. The molecule has 1 aliphatic rings. The van der Waals surface area contributed by atoms with E-state index in [-0.39, 0.29) is 23.8 Å². The molecular weight excluding hydrogens is 507 g/mol. The maximum atomic E-state index is 15.2. The minimum atomic E-state index is -0.366. The van der Waals surface area contributed by atoms with Crippen molar-refractivity contribution in [3.8, 4) is 23.0 Å². The molecule has 0 saturated carbocycles. The van der Waals surface area contributed by atoms with Crippen molar-refractivity contribution in [2.24, 2.45) is 7.05 Å². The van der Waals surface area contributed by atoms with Crippen LogP contribution in [0.5, 0.6) is 0 Å². The number of fused-ring (bicyclic) bond motifs is 1. The normalized spacial score (nSPS) is 17.3. The molecule has 2 atom stereocenters. The fraction of sp³-hybridized carbons (Fsp3) is 0.233. The molecule has 1 aliphatic heterocycles. The van der Waals surface area contributed by atoms with Crippen molar-refractivity contribution >= 4 is 22.8 Å². The largest absolute Gasteiger partial charge is 0.349 e. The molecule has 0 aliphatic carbocycles. The maximum Gasteiger partial charge on any atom is 0.270 e. The predicted molar refractivity (Wildman–Crippen MR) is 149 cm³/mol. The van der Waals surface area contributed by atoms with Crippen LogP contribution in [-0.2, 0) is 7.05 Å². The number of halogens is 1. The maximum absolute atomic E-state index is 15.2. The minimum Gasteiger partial charge on any atom is -0.349 e. The standard InChI is InChI=1S/C30H27FN8O/c1-19-16-38(30(40)25-9-6-12-36(25)3)20(2)15-37(19)28-27-23(22-7-4-5-8-24(22)31)17-39(29(27)35-18-34-28)26-13-21(14-32)10-11-33-26/h4-13,17-20H,15-16H2,1-3H3/t19-,20+/m0/s1. The average molecular weight is 535 g/mol. The van der Waals surface area contributed by atoms with Gasteiger partial charge in [0, 0.05) is 61.9 Å². The lowest BCUT2D eigenvalue weighted by atomic mass is 10.0. The second-order valence-electron chi connectivity index (χ2n) is 10.1. The third-order valence-electron chi connectivity index (χ3n) is 7.53. The van der Waals surface area contributed by atoms with Gasteiger partial charge < -0.3 is 14.4 Å². The molecule has 5 heterocycles. The topological polar surface area (TPSA) is 95.9 Å². The van der Waals surface area contributed by atoms with Gasteiger partial charge in [-0.05, 0) is 44.2 Å². The highest BCUT2D eigenvalue weighted by molar-refractivity contribution is 6.02. The van der Waals surface area contributed by atoms with Gasteiger partial charge in [0.15, 0.2) is 5.65 Å². The van der Waals surface area contributed by atoms with E-state index < -0.39 is 0 Å². The lowest BCUT2D eigenvalue weighted by Crippen LogP contribution is -2.58. The number of hydrogen-bond acceptors (Lipinski definition) is 6. The average Bonchev–Trinajstić information content (AvgIpc) is 3.58. The second-order valence-corrected chi connectivity index (χ2v) is 10.1. The number of nitriles is 1. The van der Waals surface area contributed by atoms with E-state index in [9.17, 15) is 10.1 Å². The van der Waals surface area contributed by atoms with Crippen LogP contribution in [0.4, 0.5) is 10.2 Å². The van der Waals surface area contributed by atoms with Gasteiger partial charge in [0.1, 0.15) is 29.5 Å². The zero-order valence-corrected chi connectivity index (χ0v) is 22.4. The Morgan fingerprint density at radius 3 is 2.60 bits per heavy atom. The molecule has 0 radical (unpaired) electrons. The molecule has 0 N–H and O–H groups in total. The molecule has 4 aromatic heterocycles. The molecule has 200 valence electrons. The lowest BCUT2D eigenvalue weighted by molar-refractivity contribution is 0.0634. The number of piperazine rings is 1. The van der Waals surface area contributed by atoms with Crippen LogP contribution in [0.1, 0.15) is 29.9 Å². The van der Waals surface area contributed by atoms with E-state index in [0.717, 1.165) is 0 Å². The number of rotatable bonds is 4. The summed E-state index contributed by atoms with van der Waals surface area (Å²) < 4.78 is 18.8. The Kier molecular flexibility index (Phi) is 6.27. The Balaban J connectivity index is 1.48. The molecule has 1 saturated heterocycles. The van der Waals surface area contributed by atoms with Crippen LogP contribution in [0.2, 0.25) is 0 Å². The molecule has 1 amide bonds. The summed E-state index contributed by atoms with van der Waals surface area (Å²) in [5, 5.41) is 10.1. The summed E-state index contributed by atoms with van der Waals surface area (Å²) in [4.78, 5) is 31.2. The van der Waals surface area contributed by atoms with Crippen molar-refractivity contribution in [2.45, 2.75) is 25.9 Å². The van der Waals surface area contributed by atoms with Gasteiger partial charge in [-0.2, -0.15) is 5.26 Å². The van der Waals surface area contributed by atoms with Crippen molar-refractivity contribution in [1.29, 1.82) is 5.26 Å². The van der Waals surface area contributed by atoms with Crippen LogP contribution in [-0.4, -0.2) is 60.1 Å². The molecule has 1 aromatic carbocycles. The van der Waals surface area contributed by atoms with Gasteiger partial charge in [0.2, 0.25) is 0 Å². The first-order valence-electron chi connectivity index (χ1n) is 13.0. The molecular formula is C30H27FN8O. The number of benzene rings is 1. The summed E-state index contributed by atoms with van der Waals surface area (Å²) in [5.41, 5.74) is 2.68. The zero-order valence-electron chi connectivity index (χ0n) is 22.4. The Bertz CT molecular complexity index is 1780. The van der Waals surface area contributed by atoms with Crippen molar-refractivity contribution in [1.82, 2.24) is 29.0 Å². The molecule has 10 heteroatoms. The summed E-state index contributed by atoms with van der Waals surface area (Å²) in [6.07, 6.45) is 6.73. The Morgan fingerprint density at radius 1 is 1.02 bits per heavy atom. The smallest absolute Gasteiger partial charge is 0.270 e. The highest BCUT2D eigenvalue weighted by Crippen LogP contribution is 2.39. The van der Waals surface area contributed by atoms with E-state index in [1.165, 1.54) is 12.4 Å². The predicted octanol–water partition coefficient (Wildman–Crippen LogP) is 4.57. The Morgan fingerprint density at radius 2 is 1.85 bits per heavy atom. The summed E-state index contributed by atoms with van der Waals surface area (Å²) in [6, 6.07) is 15.6. The number of carbonyl (C=O) groups is 1. The molecule has 6 rings (SSSR count). The monoisotopic (exact) mass is 534 g/mol. The van der Waals surface area contributed by atoms with Gasteiger partial charge in [-0.15, -0.1) is 0 Å². The third kappa shape index (κ3) is 4.16. The van der Waals surface area contributed by atoms with E-state index in [2.05, 4.69) is 27.9 Å². The Hall–Kier alpha value is -5.04. The fourth-order valence-corrected chi connectivity index (χ4v) is 5.48. The SMILES string of the molecule is C[C@@H]1CN(c2ncnc3c2c(-c2ccccc2F)cn3-c2cc(C#N)ccn2)[C@@H](C)CN1C(=O)c1cccn1C. The molecule has 40 heavy (non-hydrogen) atoms. The van der Waals surface area contributed by atoms with Crippen molar-refractivity contribution < 1.29 is 9.18 Å². The van der Waals surface area contributed by atoms with E-state index >= 15 is 4.39 Å². The van der Waals surface area contributed by atoms with Crippen LogP contribution < -0.4 is 4.90 Å². The van der Waals surface area contributed by atoms with Crippen molar-refractivity contribution in [2.75, 3.05) is 18.0 Å². The van der Waals surface area contributed by atoms with E-state index in [1.807, 2.05) is 41.8 Å². The van der Waals surface area contributed by atoms with Crippen LogP contribution in [0.25, 0.3) is 28.0 Å². The number of nitrogens with zero attached hydrogens (tertiary/aromatic N) is 8. The van der Waals surface area contributed by atoms with Gasteiger partial charge in [0.25, 0.3) is 5.91 Å². The van der Waals surface area contributed by atoms with Gasteiger partial charge in [-0.3, -0.25) is 9.36 Å². The molecule has 9 nitrogen and oxygen atoms in total. The van der Waals surface area contributed by atoms with Crippen LogP contribution >= 0.6 is 0 Å². The number of aryl methyl sites for hydroxylation is 1. The first-order valence-corrected chi connectivity index (χ1v) is 13.0. The lowest BCUT2D eigenvalue weighted by Gasteiger charge is -2.44. The first-order chi connectivity index (χ1) is 19.4. The highest BCUT2D eigenvalue weighted by Gasteiger charge is 2.35. The Labute approximate surface area is 230 Å². The summed E-state index contributed by atoms with van der Waals surface area (Å²) in [7, 11) is 1.87. The molecule has 0 unspecified atom stereocenters. The van der Waals surface area contributed by atoms with Crippen LogP contribution in [0, 0.1) is 17.1 Å². The van der Waals surface area contributed by atoms with Gasteiger partial charge in [-0.25, -0.2) is 19.3 Å². The minimum absolute atomic E-state index is 0.0130. The molecule has 1 fully saturated rings. The quantitative estimate of drug-likeness (QED) is 0.335. The highest BCUT2D eigenvalue weighted by atomic mass is 19.1. The summed E-state index contributed by atoms with van der Waals surface area (Å²) in [6.45, 7) is 5.12. The second kappa shape index (κ2) is 9.93. The van der Waals surface area contributed by atoms with E-state index in [0.29, 0.717) is 58.1 Å².